The van der Waals surface area contributed by atoms with Gasteiger partial charge in [-0.3, -0.25) is 9.59 Å². The van der Waals surface area contributed by atoms with Crippen LogP contribution in [0.2, 0.25) is 0 Å². The Hall–Kier alpha value is -1.14. The summed E-state index contributed by atoms with van der Waals surface area (Å²) in [7, 11) is 1.56. The van der Waals surface area contributed by atoms with Crippen LogP contribution in [-0.4, -0.2) is 45.2 Å². The van der Waals surface area contributed by atoms with Crippen LogP contribution in [0.1, 0.15) is 13.3 Å². The van der Waals surface area contributed by atoms with Crippen LogP contribution in [0.3, 0.4) is 0 Å². The number of methoxy groups -OCH3 is 1. The molecule has 94 valence electrons. The van der Waals surface area contributed by atoms with Gasteiger partial charge >= 0.3 is 0 Å². The number of nitrogens with one attached hydrogen (secondary N) is 2. The first-order valence-electron chi connectivity index (χ1n) is 5.35. The number of amides is 2. The minimum absolute atomic E-state index is 0.00252. The highest BCUT2D eigenvalue weighted by atomic mass is 16.5. The summed E-state index contributed by atoms with van der Waals surface area (Å²) in [6.07, 6.45) is 0.622. The Morgan fingerprint density at radius 1 is 1.38 bits per heavy atom. The van der Waals surface area contributed by atoms with Crippen molar-refractivity contribution in [2.45, 2.75) is 13.3 Å². The number of hydrogen-bond acceptors (Lipinski definition) is 4. The minimum atomic E-state index is -0.217. The maximum atomic E-state index is 11.4. The van der Waals surface area contributed by atoms with E-state index in [0.717, 1.165) is 0 Å². The molecule has 0 spiro atoms. The summed E-state index contributed by atoms with van der Waals surface area (Å²) in [5.74, 6) is -0.519. The van der Waals surface area contributed by atoms with Gasteiger partial charge in [-0.2, -0.15) is 0 Å². The highest BCUT2D eigenvalue weighted by Gasteiger charge is 2.12. The third kappa shape index (κ3) is 7.19. The summed E-state index contributed by atoms with van der Waals surface area (Å²) in [6, 6.07) is 0. The molecule has 6 heteroatoms. The number of ether oxygens (including phenoxy) is 1. The standard InChI is InChI=1S/C10H21N3O3/c1-8(3-4-11)10(15)13-7-9(14)12-5-6-16-2/h8H,3-7,11H2,1-2H3,(H,12,14)(H,13,15). The second-order valence-electron chi connectivity index (χ2n) is 3.54. The van der Waals surface area contributed by atoms with Gasteiger partial charge in [-0.05, 0) is 13.0 Å². The van der Waals surface area contributed by atoms with Crippen LogP contribution in [0.4, 0.5) is 0 Å². The molecule has 2 amide bonds. The lowest BCUT2D eigenvalue weighted by molar-refractivity contribution is -0.128. The molecule has 0 bridgehead atoms. The smallest absolute Gasteiger partial charge is 0.239 e. The van der Waals surface area contributed by atoms with Crippen LogP contribution < -0.4 is 16.4 Å². The van der Waals surface area contributed by atoms with E-state index in [1.807, 2.05) is 0 Å². The molecule has 0 aliphatic heterocycles. The molecule has 0 aliphatic carbocycles. The molecule has 0 fully saturated rings. The zero-order valence-electron chi connectivity index (χ0n) is 9.91. The molecule has 0 saturated carbocycles. The number of carbonyl (C=O) groups excluding carboxylic acids is 2. The predicted molar refractivity (Wildman–Crippen MR) is 60.7 cm³/mol. The van der Waals surface area contributed by atoms with Crippen molar-refractivity contribution in [1.29, 1.82) is 0 Å². The van der Waals surface area contributed by atoms with Crippen molar-refractivity contribution in [2.24, 2.45) is 11.7 Å². The Kier molecular flexibility index (Phi) is 8.46. The summed E-state index contributed by atoms with van der Waals surface area (Å²) < 4.78 is 4.77. The Labute approximate surface area is 95.9 Å². The van der Waals surface area contributed by atoms with Crippen LogP contribution in [0.25, 0.3) is 0 Å². The van der Waals surface area contributed by atoms with Crippen molar-refractivity contribution < 1.29 is 14.3 Å². The topological polar surface area (TPSA) is 93.5 Å². The van der Waals surface area contributed by atoms with Crippen LogP contribution >= 0.6 is 0 Å². The van der Waals surface area contributed by atoms with Crippen molar-refractivity contribution in [3.8, 4) is 0 Å². The maximum Gasteiger partial charge on any atom is 0.239 e. The van der Waals surface area contributed by atoms with Gasteiger partial charge in [0.15, 0.2) is 0 Å². The van der Waals surface area contributed by atoms with Gasteiger partial charge in [0.05, 0.1) is 13.2 Å². The molecule has 1 atom stereocenters. The number of hydrogen-bond donors (Lipinski definition) is 3. The molecule has 1 unspecified atom stereocenters. The van der Waals surface area contributed by atoms with E-state index in [0.29, 0.717) is 26.1 Å². The van der Waals surface area contributed by atoms with Gasteiger partial charge in [0, 0.05) is 19.6 Å². The summed E-state index contributed by atoms with van der Waals surface area (Å²) in [6.45, 7) is 3.16. The molecule has 0 aromatic carbocycles. The lowest BCUT2D eigenvalue weighted by atomic mass is 10.1. The first kappa shape index (κ1) is 14.9. The minimum Gasteiger partial charge on any atom is -0.383 e. The molecule has 4 N–H and O–H groups in total. The fourth-order valence-corrected chi connectivity index (χ4v) is 1.08. The van der Waals surface area contributed by atoms with Gasteiger partial charge in [0.25, 0.3) is 0 Å². The largest absolute Gasteiger partial charge is 0.383 e. The Morgan fingerprint density at radius 2 is 2.06 bits per heavy atom. The van der Waals surface area contributed by atoms with Crippen molar-refractivity contribution >= 4 is 11.8 Å². The molecular formula is C10H21N3O3. The Bertz CT molecular complexity index is 221. The van der Waals surface area contributed by atoms with Gasteiger partial charge < -0.3 is 21.1 Å². The van der Waals surface area contributed by atoms with E-state index in [9.17, 15) is 9.59 Å². The molecule has 0 aromatic rings. The van der Waals surface area contributed by atoms with Gasteiger partial charge in [0.1, 0.15) is 0 Å². The maximum absolute atomic E-state index is 11.4. The van der Waals surface area contributed by atoms with Crippen molar-refractivity contribution in [2.75, 3.05) is 33.4 Å². The van der Waals surface area contributed by atoms with Gasteiger partial charge in [-0.1, -0.05) is 6.92 Å². The summed E-state index contributed by atoms with van der Waals surface area (Å²) in [5.41, 5.74) is 5.33. The van der Waals surface area contributed by atoms with Gasteiger partial charge in [0.2, 0.25) is 11.8 Å². The van der Waals surface area contributed by atoms with Crippen molar-refractivity contribution in [3.05, 3.63) is 0 Å². The predicted octanol–water partition coefficient (Wildman–Crippen LogP) is -1.15. The Morgan fingerprint density at radius 3 is 2.62 bits per heavy atom. The second-order valence-corrected chi connectivity index (χ2v) is 3.54. The third-order valence-electron chi connectivity index (χ3n) is 2.10. The molecule has 0 rings (SSSR count). The SMILES string of the molecule is COCCNC(=O)CNC(=O)C(C)CCN. The first-order chi connectivity index (χ1) is 7.61. The van der Waals surface area contributed by atoms with E-state index in [4.69, 9.17) is 10.5 Å². The lowest BCUT2D eigenvalue weighted by Gasteiger charge is -2.10. The zero-order valence-corrected chi connectivity index (χ0v) is 9.91. The molecule has 0 aromatic heterocycles. The quantitative estimate of drug-likeness (QED) is 0.460. The van der Waals surface area contributed by atoms with Crippen LogP contribution in [0, 0.1) is 5.92 Å². The molecule has 0 aliphatic rings. The molecular weight excluding hydrogens is 210 g/mol. The average molecular weight is 231 g/mol. The van der Waals surface area contributed by atoms with E-state index in [2.05, 4.69) is 10.6 Å². The van der Waals surface area contributed by atoms with Crippen LogP contribution in [0.15, 0.2) is 0 Å². The normalized spacial score (nSPS) is 11.9. The number of carbonyl (C=O) groups is 2. The van der Waals surface area contributed by atoms with Gasteiger partial charge in [-0.25, -0.2) is 0 Å². The molecule has 0 heterocycles. The number of rotatable bonds is 8. The van der Waals surface area contributed by atoms with Crippen molar-refractivity contribution in [3.63, 3.8) is 0 Å². The number of nitrogens with two attached hydrogens (primary N) is 1. The molecule has 0 saturated heterocycles. The highest BCUT2D eigenvalue weighted by molar-refractivity contribution is 5.85. The summed E-state index contributed by atoms with van der Waals surface area (Å²) >= 11 is 0. The Balaban J connectivity index is 3.62. The van der Waals surface area contributed by atoms with Crippen molar-refractivity contribution in [1.82, 2.24) is 10.6 Å². The lowest BCUT2D eigenvalue weighted by Crippen LogP contribution is -2.40. The molecule has 16 heavy (non-hydrogen) atoms. The third-order valence-corrected chi connectivity index (χ3v) is 2.10. The van der Waals surface area contributed by atoms with Crippen LogP contribution in [-0.2, 0) is 14.3 Å². The summed E-state index contributed by atoms with van der Waals surface area (Å²) in [5, 5.41) is 5.15. The summed E-state index contributed by atoms with van der Waals surface area (Å²) in [4.78, 5) is 22.6. The fraction of sp³-hybridized carbons (Fsp3) is 0.800. The van der Waals surface area contributed by atoms with E-state index in [1.54, 1.807) is 14.0 Å². The van der Waals surface area contributed by atoms with E-state index >= 15 is 0 Å². The second kappa shape index (κ2) is 9.11. The van der Waals surface area contributed by atoms with E-state index in [1.165, 1.54) is 0 Å². The molecule has 0 radical (unpaired) electrons. The average Bonchev–Trinajstić information content (AvgIpc) is 2.26. The van der Waals surface area contributed by atoms with E-state index in [-0.39, 0.29) is 24.3 Å². The van der Waals surface area contributed by atoms with Crippen LogP contribution in [0.5, 0.6) is 0 Å². The molecule has 6 nitrogen and oxygen atoms in total. The monoisotopic (exact) mass is 231 g/mol. The van der Waals surface area contributed by atoms with E-state index < -0.39 is 0 Å². The zero-order chi connectivity index (χ0) is 12.4. The fourth-order valence-electron chi connectivity index (χ4n) is 1.08. The van der Waals surface area contributed by atoms with Gasteiger partial charge in [-0.15, -0.1) is 0 Å². The first-order valence-corrected chi connectivity index (χ1v) is 5.35. The highest BCUT2D eigenvalue weighted by Crippen LogP contribution is 1.98.